The number of anilines is 1. The predicted molar refractivity (Wildman–Crippen MR) is 95.1 cm³/mol. The third-order valence-electron chi connectivity index (χ3n) is 4.46. The van der Waals surface area contributed by atoms with Crippen LogP contribution in [0.1, 0.15) is 11.1 Å². The van der Waals surface area contributed by atoms with Gasteiger partial charge in [0.1, 0.15) is 5.82 Å². The minimum atomic E-state index is -0.304. The van der Waals surface area contributed by atoms with Crippen LogP contribution >= 0.6 is 11.6 Å². The quantitative estimate of drug-likeness (QED) is 0.846. The summed E-state index contributed by atoms with van der Waals surface area (Å²) >= 11 is 6.19. The molecule has 1 aliphatic heterocycles. The van der Waals surface area contributed by atoms with Crippen molar-refractivity contribution >= 4 is 23.2 Å². The van der Waals surface area contributed by atoms with Crippen molar-refractivity contribution in [3.8, 4) is 0 Å². The lowest BCUT2D eigenvalue weighted by Crippen LogP contribution is -2.49. The Morgan fingerprint density at radius 2 is 1.83 bits per heavy atom. The van der Waals surface area contributed by atoms with E-state index in [1.807, 2.05) is 24.0 Å². The van der Waals surface area contributed by atoms with Gasteiger partial charge in [-0.1, -0.05) is 29.8 Å². The van der Waals surface area contributed by atoms with Crippen LogP contribution in [0.5, 0.6) is 0 Å². The van der Waals surface area contributed by atoms with Crippen LogP contribution in [0.3, 0.4) is 0 Å². The van der Waals surface area contributed by atoms with Crippen LogP contribution in [0.2, 0.25) is 5.02 Å². The summed E-state index contributed by atoms with van der Waals surface area (Å²) in [6, 6.07) is 12.1. The number of hydrogen-bond donors (Lipinski definition) is 0. The molecule has 3 rings (SSSR count). The van der Waals surface area contributed by atoms with Crippen molar-refractivity contribution in [3.63, 3.8) is 0 Å². The number of carbonyl (C=O) groups is 1. The molecule has 2 aromatic carbocycles. The largest absolute Gasteiger partial charge is 0.368 e. The van der Waals surface area contributed by atoms with E-state index < -0.39 is 0 Å². The molecule has 126 valence electrons. The first kappa shape index (κ1) is 16.8. The van der Waals surface area contributed by atoms with Gasteiger partial charge in [-0.25, -0.2) is 4.39 Å². The molecule has 0 bridgehead atoms. The lowest BCUT2D eigenvalue weighted by Gasteiger charge is -2.37. The summed E-state index contributed by atoms with van der Waals surface area (Å²) < 4.78 is 13.2. The predicted octanol–water partition coefficient (Wildman–Crippen LogP) is 3.68. The maximum atomic E-state index is 13.2. The summed E-state index contributed by atoms with van der Waals surface area (Å²) in [5, 5.41) is 0.761. The Hall–Kier alpha value is -2.07. The average molecular weight is 347 g/mol. The Morgan fingerprint density at radius 1 is 1.12 bits per heavy atom. The normalized spacial score (nSPS) is 14.8. The summed E-state index contributed by atoms with van der Waals surface area (Å²) in [4.78, 5) is 16.5. The van der Waals surface area contributed by atoms with Gasteiger partial charge < -0.3 is 9.80 Å². The highest BCUT2D eigenvalue weighted by atomic mass is 35.5. The number of halogens is 2. The van der Waals surface area contributed by atoms with E-state index in [4.69, 9.17) is 11.6 Å². The lowest BCUT2D eigenvalue weighted by molar-refractivity contribution is -0.130. The zero-order chi connectivity index (χ0) is 17.1. The van der Waals surface area contributed by atoms with Gasteiger partial charge in [0.25, 0.3) is 0 Å². The fourth-order valence-electron chi connectivity index (χ4n) is 3.07. The number of nitrogens with zero attached hydrogens (tertiary/aromatic N) is 2. The molecule has 0 spiro atoms. The van der Waals surface area contributed by atoms with E-state index in [9.17, 15) is 9.18 Å². The highest BCUT2D eigenvalue weighted by molar-refractivity contribution is 6.31. The van der Waals surface area contributed by atoms with Crippen molar-refractivity contribution in [2.75, 3.05) is 31.1 Å². The number of rotatable bonds is 3. The molecule has 3 nitrogen and oxygen atoms in total. The minimum Gasteiger partial charge on any atom is -0.368 e. The molecule has 0 unspecified atom stereocenters. The molecule has 0 aliphatic carbocycles. The fourth-order valence-corrected chi connectivity index (χ4v) is 3.24. The van der Waals surface area contributed by atoms with Crippen LogP contribution in [-0.2, 0) is 11.2 Å². The van der Waals surface area contributed by atoms with E-state index in [0.29, 0.717) is 18.7 Å². The first-order chi connectivity index (χ1) is 11.5. The van der Waals surface area contributed by atoms with Crippen LogP contribution in [0.25, 0.3) is 0 Å². The molecular formula is C19H20ClFN2O. The van der Waals surface area contributed by atoms with Gasteiger partial charge in [0.15, 0.2) is 0 Å². The van der Waals surface area contributed by atoms with Crippen molar-refractivity contribution in [2.24, 2.45) is 0 Å². The Morgan fingerprint density at radius 3 is 2.54 bits per heavy atom. The topological polar surface area (TPSA) is 23.6 Å². The molecule has 24 heavy (non-hydrogen) atoms. The van der Waals surface area contributed by atoms with E-state index >= 15 is 0 Å². The summed E-state index contributed by atoms with van der Waals surface area (Å²) in [5.74, 6) is -0.260. The third kappa shape index (κ3) is 3.70. The molecule has 0 saturated carbocycles. The second-order valence-electron chi connectivity index (χ2n) is 6.06. The van der Waals surface area contributed by atoms with E-state index in [-0.39, 0.29) is 18.1 Å². The molecule has 1 fully saturated rings. The van der Waals surface area contributed by atoms with Crippen LogP contribution in [0, 0.1) is 12.7 Å². The van der Waals surface area contributed by atoms with E-state index in [1.165, 1.54) is 12.1 Å². The fraction of sp³-hybridized carbons (Fsp3) is 0.316. The molecule has 2 aromatic rings. The molecule has 5 heteroatoms. The van der Waals surface area contributed by atoms with Crippen molar-refractivity contribution in [1.82, 2.24) is 4.90 Å². The van der Waals surface area contributed by atoms with Gasteiger partial charge >= 0.3 is 0 Å². The second-order valence-corrected chi connectivity index (χ2v) is 6.47. The number of piperazine rings is 1. The van der Waals surface area contributed by atoms with Gasteiger partial charge in [0.2, 0.25) is 5.91 Å². The molecule has 0 atom stereocenters. The average Bonchev–Trinajstić information content (AvgIpc) is 2.57. The molecule has 1 amide bonds. The highest BCUT2D eigenvalue weighted by Gasteiger charge is 2.22. The molecular weight excluding hydrogens is 327 g/mol. The zero-order valence-electron chi connectivity index (χ0n) is 13.6. The Kier molecular flexibility index (Phi) is 5.05. The number of carbonyl (C=O) groups excluding carboxylic acids is 1. The van der Waals surface area contributed by atoms with Gasteiger partial charge in [-0.05, 0) is 42.3 Å². The Labute approximate surface area is 146 Å². The SMILES string of the molecule is Cc1c(Cl)cccc1N1CCN(C(=O)Cc2cccc(F)c2)CC1. The summed E-state index contributed by atoms with van der Waals surface area (Å²) in [6.07, 6.45) is 0.244. The van der Waals surface area contributed by atoms with Crippen molar-refractivity contribution < 1.29 is 9.18 Å². The van der Waals surface area contributed by atoms with E-state index in [1.54, 1.807) is 12.1 Å². The number of amides is 1. The Bertz CT molecular complexity index is 742. The van der Waals surface area contributed by atoms with Gasteiger partial charge in [-0.15, -0.1) is 0 Å². The maximum absolute atomic E-state index is 13.2. The van der Waals surface area contributed by atoms with Crippen molar-refractivity contribution in [2.45, 2.75) is 13.3 Å². The monoisotopic (exact) mass is 346 g/mol. The summed E-state index contributed by atoms with van der Waals surface area (Å²) in [7, 11) is 0. The molecule has 0 N–H and O–H groups in total. The zero-order valence-corrected chi connectivity index (χ0v) is 14.4. The van der Waals surface area contributed by atoms with Gasteiger partial charge in [-0.2, -0.15) is 0 Å². The molecule has 1 heterocycles. The van der Waals surface area contributed by atoms with Crippen LogP contribution in [-0.4, -0.2) is 37.0 Å². The van der Waals surface area contributed by atoms with E-state index in [0.717, 1.165) is 29.4 Å². The number of benzene rings is 2. The molecule has 0 aromatic heterocycles. The molecule has 1 saturated heterocycles. The Balaban J connectivity index is 1.60. The first-order valence-electron chi connectivity index (χ1n) is 8.07. The van der Waals surface area contributed by atoms with E-state index in [2.05, 4.69) is 11.0 Å². The molecule has 0 radical (unpaired) electrons. The third-order valence-corrected chi connectivity index (χ3v) is 4.87. The highest BCUT2D eigenvalue weighted by Crippen LogP contribution is 2.27. The van der Waals surface area contributed by atoms with Gasteiger partial charge in [-0.3, -0.25) is 4.79 Å². The first-order valence-corrected chi connectivity index (χ1v) is 8.44. The lowest BCUT2D eigenvalue weighted by atomic mass is 10.1. The van der Waals surface area contributed by atoms with Gasteiger partial charge in [0.05, 0.1) is 6.42 Å². The van der Waals surface area contributed by atoms with Crippen molar-refractivity contribution in [1.29, 1.82) is 0 Å². The molecule has 1 aliphatic rings. The van der Waals surface area contributed by atoms with Gasteiger partial charge in [0, 0.05) is 36.9 Å². The summed E-state index contributed by atoms with van der Waals surface area (Å²) in [5.41, 5.74) is 2.91. The van der Waals surface area contributed by atoms with Crippen LogP contribution in [0.4, 0.5) is 10.1 Å². The minimum absolute atomic E-state index is 0.0445. The van der Waals surface area contributed by atoms with Crippen LogP contribution < -0.4 is 4.90 Å². The second kappa shape index (κ2) is 7.22. The maximum Gasteiger partial charge on any atom is 0.227 e. The smallest absolute Gasteiger partial charge is 0.227 e. The van der Waals surface area contributed by atoms with Crippen LogP contribution in [0.15, 0.2) is 42.5 Å². The number of hydrogen-bond acceptors (Lipinski definition) is 2. The standard InChI is InChI=1S/C19H20ClFN2O/c1-14-17(20)6-3-7-18(14)22-8-10-23(11-9-22)19(24)13-15-4-2-5-16(21)12-15/h2-7,12H,8-11,13H2,1H3. The summed E-state index contributed by atoms with van der Waals surface area (Å²) in [6.45, 7) is 4.89. The van der Waals surface area contributed by atoms with Crippen molar-refractivity contribution in [3.05, 3.63) is 64.4 Å².